The van der Waals surface area contributed by atoms with Crippen LogP contribution in [0, 0.1) is 5.41 Å². The smallest absolute Gasteiger partial charge is 0.318 e. The van der Waals surface area contributed by atoms with Gasteiger partial charge in [-0.2, -0.15) is 0 Å². The molecule has 120 valence electrons. The highest BCUT2D eigenvalue weighted by molar-refractivity contribution is 9.10. The summed E-state index contributed by atoms with van der Waals surface area (Å²) in [6.07, 6.45) is 4.12. The molecule has 0 aromatic heterocycles. The average Bonchev–Trinajstić information content (AvgIpc) is 2.52. The normalized spacial score (nSPS) is 23.3. The van der Waals surface area contributed by atoms with Crippen molar-refractivity contribution >= 4 is 27.6 Å². The minimum absolute atomic E-state index is 0.193. The Labute approximate surface area is 140 Å². The Morgan fingerprint density at radius 3 is 2.82 bits per heavy atom. The fourth-order valence-electron chi connectivity index (χ4n) is 3.06. The van der Waals surface area contributed by atoms with Crippen LogP contribution in [0.25, 0.3) is 0 Å². The van der Waals surface area contributed by atoms with Crippen LogP contribution < -0.4 is 0 Å². The highest BCUT2D eigenvalue weighted by atomic mass is 79.9. The summed E-state index contributed by atoms with van der Waals surface area (Å²) < 4.78 is 6.38. The minimum atomic E-state index is -0.714. The average molecular weight is 368 g/mol. The SMILES string of the molecule is CCOC(=O)C1(Cc2ccccc2Br)CCCC/C1=N\OC. The van der Waals surface area contributed by atoms with Crippen LogP contribution in [0.5, 0.6) is 0 Å². The number of hydrogen-bond acceptors (Lipinski definition) is 4. The second-order valence-electron chi connectivity index (χ2n) is 5.50. The van der Waals surface area contributed by atoms with Crippen LogP contribution in [0.4, 0.5) is 0 Å². The maximum Gasteiger partial charge on any atom is 0.318 e. The van der Waals surface area contributed by atoms with Gasteiger partial charge in [0.2, 0.25) is 0 Å². The van der Waals surface area contributed by atoms with E-state index >= 15 is 0 Å². The first kappa shape index (κ1) is 17.0. The van der Waals surface area contributed by atoms with Gasteiger partial charge in [-0.3, -0.25) is 4.79 Å². The van der Waals surface area contributed by atoms with Crippen LogP contribution in [0.15, 0.2) is 33.9 Å². The van der Waals surface area contributed by atoms with Crippen molar-refractivity contribution in [2.75, 3.05) is 13.7 Å². The van der Waals surface area contributed by atoms with Crippen molar-refractivity contribution in [1.29, 1.82) is 0 Å². The molecule has 2 rings (SSSR count). The molecular weight excluding hydrogens is 346 g/mol. The maximum absolute atomic E-state index is 12.7. The van der Waals surface area contributed by atoms with Crippen LogP contribution in [0.1, 0.15) is 38.2 Å². The Bertz CT molecular complexity index is 559. The van der Waals surface area contributed by atoms with E-state index in [-0.39, 0.29) is 5.97 Å². The van der Waals surface area contributed by atoms with Crippen LogP contribution in [0.3, 0.4) is 0 Å². The Morgan fingerprint density at radius 2 is 2.14 bits per heavy atom. The number of carbonyl (C=O) groups is 1. The molecule has 0 amide bonds. The number of oxime groups is 1. The van der Waals surface area contributed by atoms with Crippen LogP contribution >= 0.6 is 15.9 Å². The zero-order chi connectivity index (χ0) is 16.0. The Balaban J connectivity index is 2.43. The number of rotatable bonds is 5. The lowest BCUT2D eigenvalue weighted by Crippen LogP contribution is -2.45. The molecule has 1 saturated carbocycles. The molecule has 0 aliphatic heterocycles. The number of esters is 1. The first-order valence-corrected chi connectivity index (χ1v) is 8.44. The van der Waals surface area contributed by atoms with E-state index in [0.29, 0.717) is 13.0 Å². The molecule has 0 N–H and O–H groups in total. The lowest BCUT2D eigenvalue weighted by Gasteiger charge is -2.36. The van der Waals surface area contributed by atoms with Gasteiger partial charge < -0.3 is 9.57 Å². The van der Waals surface area contributed by atoms with Crippen molar-refractivity contribution in [1.82, 2.24) is 0 Å². The van der Waals surface area contributed by atoms with Gasteiger partial charge in [-0.05, 0) is 44.2 Å². The molecule has 5 heteroatoms. The summed E-state index contributed by atoms with van der Waals surface area (Å²) in [6, 6.07) is 7.97. The Hall–Kier alpha value is -1.36. The van der Waals surface area contributed by atoms with E-state index in [2.05, 4.69) is 21.1 Å². The third-order valence-corrected chi connectivity index (χ3v) is 4.91. The molecule has 1 fully saturated rings. The number of carbonyl (C=O) groups excluding carboxylic acids is 1. The molecule has 0 heterocycles. The van der Waals surface area contributed by atoms with Gasteiger partial charge in [-0.1, -0.05) is 45.7 Å². The predicted octanol–water partition coefficient (Wildman–Crippen LogP) is 4.12. The Morgan fingerprint density at radius 1 is 1.36 bits per heavy atom. The van der Waals surface area contributed by atoms with Gasteiger partial charge in [0.1, 0.15) is 12.5 Å². The monoisotopic (exact) mass is 367 g/mol. The van der Waals surface area contributed by atoms with E-state index < -0.39 is 5.41 Å². The molecule has 22 heavy (non-hydrogen) atoms. The fraction of sp³-hybridized carbons (Fsp3) is 0.529. The molecule has 0 bridgehead atoms. The quantitative estimate of drug-likeness (QED) is 0.580. The lowest BCUT2D eigenvalue weighted by molar-refractivity contribution is -0.152. The molecule has 1 aromatic rings. The van der Waals surface area contributed by atoms with Crippen molar-refractivity contribution in [2.45, 2.75) is 39.0 Å². The van der Waals surface area contributed by atoms with E-state index in [1.54, 1.807) is 0 Å². The highest BCUT2D eigenvalue weighted by Crippen LogP contribution is 2.40. The minimum Gasteiger partial charge on any atom is -0.465 e. The molecule has 1 aliphatic carbocycles. The number of nitrogens with zero attached hydrogens (tertiary/aromatic N) is 1. The van der Waals surface area contributed by atoms with Gasteiger partial charge in [0.25, 0.3) is 0 Å². The van der Waals surface area contributed by atoms with Crippen molar-refractivity contribution in [2.24, 2.45) is 10.6 Å². The van der Waals surface area contributed by atoms with E-state index in [1.807, 2.05) is 31.2 Å². The highest BCUT2D eigenvalue weighted by Gasteiger charge is 2.47. The second kappa shape index (κ2) is 7.77. The summed E-state index contributed by atoms with van der Waals surface area (Å²) in [5, 5.41) is 4.17. The summed E-state index contributed by atoms with van der Waals surface area (Å²) in [4.78, 5) is 17.7. The number of benzene rings is 1. The van der Waals surface area contributed by atoms with Crippen LogP contribution in [-0.2, 0) is 20.8 Å². The number of halogens is 1. The second-order valence-corrected chi connectivity index (χ2v) is 6.35. The van der Waals surface area contributed by atoms with Crippen molar-refractivity contribution in [3.8, 4) is 0 Å². The summed E-state index contributed by atoms with van der Waals surface area (Å²) in [7, 11) is 1.52. The zero-order valence-corrected chi connectivity index (χ0v) is 14.7. The standard InChI is InChI=1S/C17H22BrNO3/c1-3-22-16(20)17(11-7-6-10-15(17)19-21-2)12-13-8-4-5-9-14(13)18/h4-5,8-9H,3,6-7,10-12H2,1-2H3/b19-15+. The summed E-state index contributed by atoms with van der Waals surface area (Å²) in [5.74, 6) is -0.193. The first-order valence-electron chi connectivity index (χ1n) is 7.65. The number of hydrogen-bond donors (Lipinski definition) is 0. The van der Waals surface area contributed by atoms with E-state index in [1.165, 1.54) is 7.11 Å². The third kappa shape index (κ3) is 3.51. The number of ether oxygens (including phenoxy) is 1. The Kier molecular flexibility index (Phi) is 6.00. The lowest BCUT2D eigenvalue weighted by atomic mass is 9.69. The molecule has 1 aliphatic rings. The van der Waals surface area contributed by atoms with Crippen LogP contribution in [0.2, 0.25) is 0 Å². The maximum atomic E-state index is 12.7. The largest absolute Gasteiger partial charge is 0.465 e. The summed E-state index contributed by atoms with van der Waals surface area (Å²) >= 11 is 3.57. The van der Waals surface area contributed by atoms with Gasteiger partial charge in [-0.15, -0.1) is 0 Å². The van der Waals surface area contributed by atoms with E-state index in [9.17, 15) is 4.79 Å². The summed E-state index contributed by atoms with van der Waals surface area (Å²) in [5.41, 5.74) is 1.17. The van der Waals surface area contributed by atoms with Crippen molar-refractivity contribution < 1.29 is 14.4 Å². The van der Waals surface area contributed by atoms with Gasteiger partial charge in [0, 0.05) is 4.47 Å². The van der Waals surface area contributed by atoms with E-state index in [0.717, 1.165) is 41.4 Å². The molecule has 4 nitrogen and oxygen atoms in total. The molecule has 1 unspecified atom stereocenters. The molecule has 1 aromatic carbocycles. The van der Waals surface area contributed by atoms with Crippen LogP contribution in [-0.4, -0.2) is 25.4 Å². The van der Waals surface area contributed by atoms with Gasteiger partial charge in [0.15, 0.2) is 0 Å². The topological polar surface area (TPSA) is 47.9 Å². The molecule has 0 radical (unpaired) electrons. The molecule has 0 spiro atoms. The van der Waals surface area contributed by atoms with E-state index in [4.69, 9.17) is 9.57 Å². The van der Waals surface area contributed by atoms with Gasteiger partial charge in [-0.25, -0.2) is 0 Å². The first-order chi connectivity index (χ1) is 10.6. The fourth-order valence-corrected chi connectivity index (χ4v) is 3.49. The molecule has 1 atom stereocenters. The molecule has 0 saturated heterocycles. The predicted molar refractivity (Wildman–Crippen MR) is 89.8 cm³/mol. The zero-order valence-electron chi connectivity index (χ0n) is 13.1. The molecular formula is C17H22BrNO3. The van der Waals surface area contributed by atoms with Crippen molar-refractivity contribution in [3.05, 3.63) is 34.3 Å². The van der Waals surface area contributed by atoms with Crippen molar-refractivity contribution in [3.63, 3.8) is 0 Å². The van der Waals surface area contributed by atoms with Gasteiger partial charge in [0.05, 0.1) is 12.3 Å². The third-order valence-electron chi connectivity index (χ3n) is 4.14. The van der Waals surface area contributed by atoms with Gasteiger partial charge >= 0.3 is 5.97 Å². The summed E-state index contributed by atoms with van der Waals surface area (Å²) in [6.45, 7) is 2.21.